The fourth-order valence-electron chi connectivity index (χ4n) is 2.18. The van der Waals surface area contributed by atoms with Crippen LogP contribution in [0, 0.1) is 0 Å². The minimum Gasteiger partial charge on any atom is -0.491 e. The molecule has 0 fully saturated rings. The molecule has 0 saturated heterocycles. The Labute approximate surface area is 156 Å². The number of nitrogens with one attached hydrogen (secondary N) is 2. The van der Waals surface area contributed by atoms with Crippen molar-refractivity contribution in [2.75, 3.05) is 5.43 Å². The third-order valence-electron chi connectivity index (χ3n) is 3.31. The lowest BCUT2D eigenvalue weighted by Gasteiger charge is -2.09. The van der Waals surface area contributed by atoms with Crippen LogP contribution in [0.4, 0.5) is 6.01 Å². The first-order valence-electron chi connectivity index (χ1n) is 8.35. The first-order valence-corrected chi connectivity index (χ1v) is 8.35. The van der Waals surface area contributed by atoms with E-state index in [-0.39, 0.29) is 18.0 Å². The minimum atomic E-state index is -0.367. The number of ether oxygens (including phenoxy) is 1. The molecule has 2 heterocycles. The lowest BCUT2D eigenvalue weighted by atomic mass is 10.2. The summed E-state index contributed by atoms with van der Waals surface area (Å²) in [5.41, 5.74) is 6.65. The monoisotopic (exact) mass is 365 g/mol. The van der Waals surface area contributed by atoms with Crippen molar-refractivity contribution in [3.05, 3.63) is 60.4 Å². The van der Waals surface area contributed by atoms with Gasteiger partial charge in [0.2, 0.25) is 5.82 Å². The maximum atomic E-state index is 11.9. The summed E-state index contributed by atoms with van der Waals surface area (Å²) in [6.45, 7) is 3.92. The van der Waals surface area contributed by atoms with Crippen molar-refractivity contribution < 1.29 is 14.1 Å². The van der Waals surface area contributed by atoms with Crippen LogP contribution in [0.5, 0.6) is 5.75 Å². The van der Waals surface area contributed by atoms with E-state index in [0.29, 0.717) is 5.82 Å². The number of hydrogen-bond donors (Lipinski definition) is 2. The van der Waals surface area contributed by atoms with Gasteiger partial charge in [-0.1, -0.05) is 17.3 Å². The third-order valence-corrected chi connectivity index (χ3v) is 3.31. The molecule has 0 spiro atoms. The Hall–Kier alpha value is -3.68. The highest BCUT2D eigenvalue weighted by Crippen LogP contribution is 2.16. The molecule has 0 unspecified atom stereocenters. The quantitative estimate of drug-likeness (QED) is 0.490. The van der Waals surface area contributed by atoms with Gasteiger partial charge in [0.05, 0.1) is 6.10 Å². The fraction of sp³-hybridized carbons (Fsp3) is 0.158. The van der Waals surface area contributed by atoms with Crippen molar-refractivity contribution in [1.82, 2.24) is 20.6 Å². The molecule has 2 aromatic heterocycles. The topological polar surface area (TPSA) is 102 Å². The lowest BCUT2D eigenvalue weighted by Crippen LogP contribution is -2.27. The fourth-order valence-corrected chi connectivity index (χ4v) is 2.18. The summed E-state index contributed by atoms with van der Waals surface area (Å²) < 4.78 is 10.7. The number of anilines is 1. The van der Waals surface area contributed by atoms with Gasteiger partial charge in [0.25, 0.3) is 5.91 Å². The molecule has 138 valence electrons. The molecule has 3 aromatic rings. The van der Waals surface area contributed by atoms with Crippen LogP contribution in [0.15, 0.2) is 59.4 Å². The van der Waals surface area contributed by atoms with Crippen LogP contribution in [0.3, 0.4) is 0 Å². The molecule has 1 aromatic carbocycles. The predicted octanol–water partition coefficient (Wildman–Crippen LogP) is 3.08. The summed E-state index contributed by atoms with van der Waals surface area (Å²) in [7, 11) is 0. The van der Waals surface area contributed by atoms with Gasteiger partial charge in [-0.2, -0.15) is 4.98 Å². The summed E-state index contributed by atoms with van der Waals surface area (Å²) in [5.74, 6) is 0.778. The maximum absolute atomic E-state index is 11.9. The normalized spacial score (nSPS) is 10.9. The van der Waals surface area contributed by atoms with Gasteiger partial charge >= 0.3 is 6.01 Å². The second-order valence-electron chi connectivity index (χ2n) is 5.85. The van der Waals surface area contributed by atoms with Gasteiger partial charge in [-0.3, -0.25) is 15.2 Å². The molecule has 0 radical (unpaired) electrons. The van der Waals surface area contributed by atoms with Crippen LogP contribution in [0.2, 0.25) is 0 Å². The van der Waals surface area contributed by atoms with E-state index >= 15 is 0 Å². The lowest BCUT2D eigenvalue weighted by molar-refractivity contribution is -0.116. The average Bonchev–Trinajstić information content (AvgIpc) is 3.14. The zero-order valence-electron chi connectivity index (χ0n) is 14.9. The Balaban J connectivity index is 1.54. The highest BCUT2D eigenvalue weighted by molar-refractivity contribution is 5.92. The van der Waals surface area contributed by atoms with Crippen molar-refractivity contribution in [1.29, 1.82) is 0 Å². The van der Waals surface area contributed by atoms with Crippen molar-refractivity contribution in [3.8, 4) is 17.1 Å². The van der Waals surface area contributed by atoms with Crippen molar-refractivity contribution in [3.63, 3.8) is 0 Å². The number of rotatable bonds is 7. The van der Waals surface area contributed by atoms with E-state index in [4.69, 9.17) is 9.26 Å². The zero-order valence-corrected chi connectivity index (χ0v) is 14.9. The molecule has 0 bridgehead atoms. The molecule has 3 rings (SSSR count). The number of benzene rings is 1. The van der Waals surface area contributed by atoms with E-state index in [1.165, 1.54) is 6.08 Å². The largest absolute Gasteiger partial charge is 0.491 e. The van der Waals surface area contributed by atoms with Gasteiger partial charge in [-0.15, -0.1) is 0 Å². The first kappa shape index (κ1) is 18.1. The Morgan fingerprint density at radius 3 is 2.81 bits per heavy atom. The smallest absolute Gasteiger partial charge is 0.340 e. The van der Waals surface area contributed by atoms with Gasteiger partial charge in [0, 0.05) is 24.0 Å². The van der Waals surface area contributed by atoms with Crippen molar-refractivity contribution in [2.24, 2.45) is 0 Å². The molecular formula is C19H19N5O3. The molecule has 8 nitrogen and oxygen atoms in total. The highest BCUT2D eigenvalue weighted by atomic mass is 16.5. The van der Waals surface area contributed by atoms with Crippen LogP contribution < -0.4 is 15.6 Å². The summed E-state index contributed by atoms with van der Waals surface area (Å²) >= 11 is 0. The highest BCUT2D eigenvalue weighted by Gasteiger charge is 2.08. The number of aromatic nitrogens is 3. The molecule has 27 heavy (non-hydrogen) atoms. The van der Waals surface area contributed by atoms with Crippen LogP contribution in [0.1, 0.15) is 19.4 Å². The number of amides is 1. The van der Waals surface area contributed by atoms with E-state index in [0.717, 1.165) is 16.9 Å². The van der Waals surface area contributed by atoms with E-state index in [9.17, 15) is 4.79 Å². The predicted molar refractivity (Wildman–Crippen MR) is 101 cm³/mol. The third kappa shape index (κ3) is 5.40. The summed E-state index contributed by atoms with van der Waals surface area (Å²) in [6.07, 6.45) is 6.42. The van der Waals surface area contributed by atoms with Gasteiger partial charge in [-0.25, -0.2) is 5.43 Å². The molecule has 0 aliphatic carbocycles. The van der Waals surface area contributed by atoms with Crippen molar-refractivity contribution in [2.45, 2.75) is 20.0 Å². The van der Waals surface area contributed by atoms with E-state index in [1.54, 1.807) is 30.6 Å². The van der Waals surface area contributed by atoms with E-state index < -0.39 is 0 Å². The first-order chi connectivity index (χ1) is 13.1. The number of hydrazine groups is 1. The molecule has 0 aliphatic heterocycles. The van der Waals surface area contributed by atoms with Crippen molar-refractivity contribution >= 4 is 18.0 Å². The standard InChI is InChI=1S/C19H19N5O3/c1-13(2)26-16-5-3-4-14(12-16)6-7-17(25)22-23-19-21-18(24-27-19)15-8-10-20-11-9-15/h3-13H,1-2H3,(H,22,25)(H,21,23,24). The SMILES string of the molecule is CC(C)Oc1cccc(C=CC(=O)NNc2nc(-c3ccncc3)no2)c1. The Morgan fingerprint density at radius 1 is 1.22 bits per heavy atom. The molecular weight excluding hydrogens is 346 g/mol. The molecule has 1 amide bonds. The van der Waals surface area contributed by atoms with E-state index in [2.05, 4.69) is 26.0 Å². The molecule has 8 heteroatoms. The Kier molecular flexibility index (Phi) is 5.78. The summed E-state index contributed by atoms with van der Waals surface area (Å²) in [4.78, 5) is 20.0. The van der Waals surface area contributed by atoms with Crippen LogP contribution in [-0.2, 0) is 4.79 Å². The number of carbonyl (C=O) groups is 1. The van der Waals surface area contributed by atoms with Gasteiger partial charge in [0.15, 0.2) is 0 Å². The molecule has 0 aliphatic rings. The molecule has 0 saturated carbocycles. The number of pyridine rings is 1. The van der Waals surface area contributed by atoms with Crippen LogP contribution in [0.25, 0.3) is 17.5 Å². The number of hydrogen-bond acceptors (Lipinski definition) is 7. The molecule has 2 N–H and O–H groups in total. The second-order valence-corrected chi connectivity index (χ2v) is 5.85. The Bertz CT molecular complexity index is 922. The van der Waals surface area contributed by atoms with Gasteiger partial charge in [-0.05, 0) is 49.8 Å². The Morgan fingerprint density at radius 2 is 2.04 bits per heavy atom. The molecule has 0 atom stereocenters. The maximum Gasteiger partial charge on any atom is 0.340 e. The van der Waals surface area contributed by atoms with Crippen LogP contribution >= 0.6 is 0 Å². The van der Waals surface area contributed by atoms with E-state index in [1.807, 2.05) is 38.1 Å². The minimum absolute atomic E-state index is 0.0795. The number of nitrogens with zero attached hydrogens (tertiary/aromatic N) is 3. The number of carbonyl (C=O) groups excluding carboxylic acids is 1. The average molecular weight is 365 g/mol. The van der Waals surface area contributed by atoms with Gasteiger partial charge in [0.1, 0.15) is 5.75 Å². The summed E-state index contributed by atoms with van der Waals surface area (Å²) in [5, 5.41) is 3.83. The summed E-state index contributed by atoms with van der Waals surface area (Å²) in [6, 6.07) is 11.1. The van der Waals surface area contributed by atoms with Crippen LogP contribution in [-0.4, -0.2) is 27.1 Å². The van der Waals surface area contributed by atoms with Gasteiger partial charge < -0.3 is 9.26 Å². The zero-order chi connectivity index (χ0) is 19.1. The second kappa shape index (κ2) is 8.61.